The van der Waals surface area contributed by atoms with Gasteiger partial charge in [-0.3, -0.25) is 4.79 Å². The summed E-state index contributed by atoms with van der Waals surface area (Å²) in [7, 11) is 0. The van der Waals surface area contributed by atoms with Crippen molar-refractivity contribution in [2.45, 2.75) is 78.2 Å². The summed E-state index contributed by atoms with van der Waals surface area (Å²) in [5, 5.41) is 9.71. The molecule has 1 aliphatic heterocycles. The first-order valence-electron chi connectivity index (χ1n) is 8.18. The van der Waals surface area contributed by atoms with Crippen LogP contribution in [0.15, 0.2) is 0 Å². The van der Waals surface area contributed by atoms with Gasteiger partial charge in [0.25, 0.3) is 0 Å². The van der Waals surface area contributed by atoms with E-state index in [-0.39, 0.29) is 0 Å². The van der Waals surface area contributed by atoms with E-state index in [4.69, 9.17) is 4.74 Å². The van der Waals surface area contributed by atoms with Crippen LogP contribution < -0.4 is 0 Å². The van der Waals surface area contributed by atoms with Crippen LogP contribution in [0.1, 0.15) is 72.1 Å². The number of hydrogen-bond donors (Lipinski definition) is 1. The van der Waals surface area contributed by atoms with Crippen LogP contribution in [-0.4, -0.2) is 23.8 Å². The lowest BCUT2D eigenvalue weighted by Gasteiger charge is -2.42. The molecular weight excluding hydrogens is 252 g/mol. The smallest absolute Gasteiger partial charge is 0.309 e. The molecule has 116 valence electrons. The van der Waals surface area contributed by atoms with Gasteiger partial charge in [0.05, 0.1) is 11.5 Å². The number of aliphatic carboxylic acids is 1. The fraction of sp³-hybridized carbons (Fsp3) is 0.941. The quantitative estimate of drug-likeness (QED) is 0.838. The molecule has 0 aromatic heterocycles. The molecule has 3 nitrogen and oxygen atoms in total. The standard InChI is InChI=1S/C17H30O3/c1-16(2,3)13-6-9-17(10-7-13,15(18)19)11-8-14-5-4-12-20-14/h13-14H,4-12H2,1-3H3,(H,18,19). The Morgan fingerprint density at radius 3 is 2.35 bits per heavy atom. The van der Waals surface area contributed by atoms with E-state index < -0.39 is 11.4 Å². The Bertz CT molecular complexity index is 329. The molecule has 1 saturated heterocycles. The van der Waals surface area contributed by atoms with Gasteiger partial charge in [0.2, 0.25) is 0 Å². The van der Waals surface area contributed by atoms with Crippen molar-refractivity contribution in [2.75, 3.05) is 6.61 Å². The van der Waals surface area contributed by atoms with Crippen LogP contribution in [0.25, 0.3) is 0 Å². The molecule has 2 rings (SSSR count). The SMILES string of the molecule is CC(C)(C)C1CCC(CCC2CCCO2)(C(=O)O)CC1. The van der Waals surface area contributed by atoms with E-state index in [1.54, 1.807) is 0 Å². The summed E-state index contributed by atoms with van der Waals surface area (Å²) in [6.45, 7) is 7.68. The third-order valence-corrected chi connectivity index (χ3v) is 5.59. The van der Waals surface area contributed by atoms with Gasteiger partial charge in [-0.2, -0.15) is 0 Å². The van der Waals surface area contributed by atoms with E-state index in [2.05, 4.69) is 20.8 Å². The van der Waals surface area contributed by atoms with Gasteiger partial charge in [-0.05, 0) is 62.7 Å². The topological polar surface area (TPSA) is 46.5 Å². The zero-order valence-electron chi connectivity index (χ0n) is 13.3. The Hall–Kier alpha value is -0.570. The molecule has 1 saturated carbocycles. The van der Waals surface area contributed by atoms with Crippen molar-refractivity contribution in [1.82, 2.24) is 0 Å². The van der Waals surface area contributed by atoms with Crippen LogP contribution in [0.2, 0.25) is 0 Å². The van der Waals surface area contributed by atoms with Gasteiger partial charge in [-0.15, -0.1) is 0 Å². The number of carboxylic acids is 1. The lowest BCUT2D eigenvalue weighted by molar-refractivity contribution is -0.153. The number of ether oxygens (including phenoxy) is 1. The maximum absolute atomic E-state index is 11.8. The predicted molar refractivity (Wildman–Crippen MR) is 79.7 cm³/mol. The van der Waals surface area contributed by atoms with E-state index in [0.717, 1.165) is 58.0 Å². The van der Waals surface area contributed by atoms with Crippen molar-refractivity contribution in [3.63, 3.8) is 0 Å². The van der Waals surface area contributed by atoms with E-state index in [0.29, 0.717) is 17.4 Å². The second-order valence-corrected chi connectivity index (χ2v) is 7.90. The van der Waals surface area contributed by atoms with Gasteiger partial charge in [0.15, 0.2) is 0 Å². The molecule has 2 fully saturated rings. The molecule has 1 unspecified atom stereocenters. The summed E-state index contributed by atoms with van der Waals surface area (Å²) in [6.07, 6.45) is 8.08. The lowest BCUT2D eigenvalue weighted by Crippen LogP contribution is -2.38. The molecule has 0 aromatic rings. The third kappa shape index (κ3) is 3.55. The molecular formula is C17H30O3. The van der Waals surface area contributed by atoms with Gasteiger partial charge in [0, 0.05) is 6.61 Å². The van der Waals surface area contributed by atoms with Crippen molar-refractivity contribution < 1.29 is 14.6 Å². The molecule has 3 heteroatoms. The van der Waals surface area contributed by atoms with Crippen LogP contribution in [0.4, 0.5) is 0 Å². The molecule has 20 heavy (non-hydrogen) atoms. The largest absolute Gasteiger partial charge is 0.481 e. The third-order valence-electron chi connectivity index (χ3n) is 5.59. The molecule has 0 radical (unpaired) electrons. The number of hydrogen-bond acceptors (Lipinski definition) is 2. The van der Waals surface area contributed by atoms with Gasteiger partial charge in [-0.1, -0.05) is 20.8 Å². The molecule has 1 heterocycles. The van der Waals surface area contributed by atoms with E-state index in [9.17, 15) is 9.90 Å². The molecule has 1 N–H and O–H groups in total. The Balaban J connectivity index is 1.92. The molecule has 0 amide bonds. The first kappa shape index (κ1) is 15.8. The maximum atomic E-state index is 11.8. The van der Waals surface area contributed by atoms with Crippen LogP contribution in [0.3, 0.4) is 0 Å². The molecule has 1 atom stereocenters. The highest BCUT2D eigenvalue weighted by Crippen LogP contribution is 2.48. The van der Waals surface area contributed by atoms with Crippen molar-refractivity contribution >= 4 is 5.97 Å². The number of rotatable bonds is 4. The second-order valence-electron chi connectivity index (χ2n) is 7.90. The van der Waals surface area contributed by atoms with Crippen LogP contribution >= 0.6 is 0 Å². The second kappa shape index (κ2) is 6.05. The first-order valence-corrected chi connectivity index (χ1v) is 8.18. The minimum Gasteiger partial charge on any atom is -0.481 e. The Morgan fingerprint density at radius 1 is 1.25 bits per heavy atom. The van der Waals surface area contributed by atoms with Crippen LogP contribution in [-0.2, 0) is 9.53 Å². The van der Waals surface area contributed by atoms with E-state index in [1.165, 1.54) is 0 Å². The Morgan fingerprint density at radius 2 is 1.90 bits per heavy atom. The minimum atomic E-state index is -0.581. The molecule has 0 aromatic carbocycles. The average molecular weight is 282 g/mol. The summed E-state index contributed by atoms with van der Waals surface area (Å²) < 4.78 is 5.65. The van der Waals surface area contributed by atoms with Gasteiger partial charge in [-0.25, -0.2) is 0 Å². The zero-order valence-corrected chi connectivity index (χ0v) is 13.3. The Kier molecular flexibility index (Phi) is 4.78. The van der Waals surface area contributed by atoms with Crippen molar-refractivity contribution in [3.05, 3.63) is 0 Å². The molecule has 1 aliphatic carbocycles. The predicted octanol–water partition coefficient (Wildman–Crippen LogP) is 4.25. The van der Waals surface area contributed by atoms with Gasteiger partial charge >= 0.3 is 5.97 Å². The van der Waals surface area contributed by atoms with Crippen LogP contribution in [0, 0.1) is 16.7 Å². The molecule has 0 bridgehead atoms. The van der Waals surface area contributed by atoms with Crippen LogP contribution in [0.5, 0.6) is 0 Å². The summed E-state index contributed by atoms with van der Waals surface area (Å²) in [5.41, 5.74) is -0.174. The maximum Gasteiger partial charge on any atom is 0.309 e. The van der Waals surface area contributed by atoms with E-state index >= 15 is 0 Å². The molecule has 0 spiro atoms. The average Bonchev–Trinajstić information content (AvgIpc) is 2.88. The summed E-state index contributed by atoms with van der Waals surface area (Å²) >= 11 is 0. The minimum absolute atomic E-state index is 0.305. The fourth-order valence-electron chi connectivity index (χ4n) is 3.92. The normalized spacial score (nSPS) is 35.1. The Labute approximate surface area is 123 Å². The van der Waals surface area contributed by atoms with E-state index in [1.807, 2.05) is 0 Å². The number of carbonyl (C=O) groups is 1. The first-order chi connectivity index (χ1) is 9.33. The van der Waals surface area contributed by atoms with Crippen molar-refractivity contribution in [3.8, 4) is 0 Å². The monoisotopic (exact) mass is 282 g/mol. The van der Waals surface area contributed by atoms with Gasteiger partial charge in [0.1, 0.15) is 0 Å². The number of carboxylic acid groups (broad SMARTS) is 1. The van der Waals surface area contributed by atoms with Crippen molar-refractivity contribution in [2.24, 2.45) is 16.7 Å². The fourth-order valence-corrected chi connectivity index (χ4v) is 3.92. The highest BCUT2D eigenvalue weighted by atomic mass is 16.5. The van der Waals surface area contributed by atoms with Crippen molar-refractivity contribution in [1.29, 1.82) is 0 Å². The summed E-state index contributed by atoms with van der Waals surface area (Å²) in [5.74, 6) is 0.0839. The van der Waals surface area contributed by atoms with Gasteiger partial charge < -0.3 is 9.84 Å². The molecule has 2 aliphatic rings. The summed E-state index contributed by atoms with van der Waals surface area (Å²) in [6, 6.07) is 0. The highest BCUT2D eigenvalue weighted by molar-refractivity contribution is 5.74. The lowest BCUT2D eigenvalue weighted by atomic mass is 9.62. The highest BCUT2D eigenvalue weighted by Gasteiger charge is 2.44. The zero-order chi connectivity index (χ0) is 14.8. The summed E-state index contributed by atoms with van der Waals surface area (Å²) in [4.78, 5) is 11.8.